The van der Waals surface area contributed by atoms with Gasteiger partial charge in [-0.05, 0) is 43.4 Å². The van der Waals surface area contributed by atoms with E-state index in [0.717, 1.165) is 17.2 Å². The minimum atomic E-state index is -0.253. The quantitative estimate of drug-likeness (QED) is 0.930. The third-order valence-corrected chi connectivity index (χ3v) is 3.15. The van der Waals surface area contributed by atoms with Gasteiger partial charge in [-0.25, -0.2) is 9.37 Å². The molecule has 0 fully saturated rings. The second kappa shape index (κ2) is 5.99. The summed E-state index contributed by atoms with van der Waals surface area (Å²) in [6, 6.07) is 9.93. The Bertz CT molecular complexity index is 557. The van der Waals surface area contributed by atoms with Crippen LogP contribution in [0, 0.1) is 5.82 Å². The summed E-state index contributed by atoms with van der Waals surface area (Å²) in [7, 11) is 3.72. The monoisotopic (exact) mass is 279 g/mol. The van der Waals surface area contributed by atoms with Crippen molar-refractivity contribution in [2.24, 2.45) is 0 Å². The zero-order chi connectivity index (χ0) is 13.8. The standard InChI is InChI=1S/C14H15ClFN3/c1-17-9-13-12(15)7-8-14(18-13)19(2)11-5-3-10(16)4-6-11/h3-8,17H,9H2,1-2H3. The first-order valence-corrected chi connectivity index (χ1v) is 6.29. The van der Waals surface area contributed by atoms with Gasteiger partial charge in [0.05, 0.1) is 10.7 Å². The number of hydrogen-bond donors (Lipinski definition) is 1. The van der Waals surface area contributed by atoms with Crippen LogP contribution in [0.5, 0.6) is 0 Å². The van der Waals surface area contributed by atoms with Crippen LogP contribution in [0.2, 0.25) is 5.02 Å². The van der Waals surface area contributed by atoms with Crippen molar-refractivity contribution in [3.05, 3.63) is 52.9 Å². The largest absolute Gasteiger partial charge is 0.329 e. The van der Waals surface area contributed by atoms with E-state index in [-0.39, 0.29) is 5.82 Å². The fourth-order valence-electron chi connectivity index (χ4n) is 1.75. The predicted molar refractivity (Wildman–Crippen MR) is 76.5 cm³/mol. The van der Waals surface area contributed by atoms with Gasteiger partial charge in [0.2, 0.25) is 0 Å². The number of aromatic nitrogens is 1. The molecule has 19 heavy (non-hydrogen) atoms. The smallest absolute Gasteiger partial charge is 0.133 e. The molecule has 0 aliphatic heterocycles. The fraction of sp³-hybridized carbons (Fsp3) is 0.214. The molecule has 1 aromatic carbocycles. The minimum Gasteiger partial charge on any atom is -0.329 e. The van der Waals surface area contributed by atoms with Crippen molar-refractivity contribution in [1.29, 1.82) is 0 Å². The molecule has 0 saturated heterocycles. The van der Waals surface area contributed by atoms with Crippen LogP contribution < -0.4 is 10.2 Å². The average molecular weight is 280 g/mol. The number of nitrogens with one attached hydrogen (secondary N) is 1. The number of halogens is 2. The zero-order valence-corrected chi connectivity index (χ0v) is 11.6. The number of anilines is 2. The number of nitrogens with zero attached hydrogens (tertiary/aromatic N) is 2. The van der Waals surface area contributed by atoms with Gasteiger partial charge >= 0.3 is 0 Å². The molecule has 5 heteroatoms. The third kappa shape index (κ3) is 3.22. The molecule has 0 atom stereocenters. The Morgan fingerprint density at radius 2 is 1.89 bits per heavy atom. The summed E-state index contributed by atoms with van der Waals surface area (Å²) in [6.07, 6.45) is 0. The Hall–Kier alpha value is -1.65. The maximum Gasteiger partial charge on any atom is 0.133 e. The van der Waals surface area contributed by atoms with Crippen LogP contribution >= 0.6 is 11.6 Å². The van der Waals surface area contributed by atoms with Gasteiger partial charge in [0.1, 0.15) is 11.6 Å². The van der Waals surface area contributed by atoms with Crippen LogP contribution in [-0.4, -0.2) is 19.1 Å². The molecule has 2 aromatic rings. The Morgan fingerprint density at radius 3 is 2.53 bits per heavy atom. The summed E-state index contributed by atoms with van der Waals surface area (Å²) in [5, 5.41) is 3.65. The van der Waals surface area contributed by atoms with Crippen LogP contribution in [-0.2, 0) is 6.54 Å². The Balaban J connectivity index is 2.30. The van der Waals surface area contributed by atoms with Crippen LogP contribution in [0.4, 0.5) is 15.9 Å². The van der Waals surface area contributed by atoms with Crippen LogP contribution in [0.15, 0.2) is 36.4 Å². The molecule has 0 saturated carbocycles. The first-order chi connectivity index (χ1) is 9.11. The van der Waals surface area contributed by atoms with Crippen molar-refractivity contribution in [3.63, 3.8) is 0 Å². The average Bonchev–Trinajstić information content (AvgIpc) is 2.41. The highest BCUT2D eigenvalue weighted by Gasteiger charge is 2.08. The number of pyridine rings is 1. The first-order valence-electron chi connectivity index (χ1n) is 5.91. The third-order valence-electron chi connectivity index (χ3n) is 2.81. The van der Waals surface area contributed by atoms with Gasteiger partial charge in [-0.2, -0.15) is 0 Å². The van der Waals surface area contributed by atoms with E-state index in [2.05, 4.69) is 10.3 Å². The topological polar surface area (TPSA) is 28.2 Å². The van der Waals surface area contributed by atoms with Crippen molar-refractivity contribution in [1.82, 2.24) is 10.3 Å². The van der Waals surface area contributed by atoms with Gasteiger partial charge in [0.15, 0.2) is 0 Å². The summed E-state index contributed by atoms with van der Waals surface area (Å²) in [5.74, 6) is 0.512. The Kier molecular flexibility index (Phi) is 4.35. The highest BCUT2D eigenvalue weighted by molar-refractivity contribution is 6.31. The van der Waals surface area contributed by atoms with Gasteiger partial charge in [-0.1, -0.05) is 11.6 Å². The highest BCUT2D eigenvalue weighted by Crippen LogP contribution is 2.24. The van der Waals surface area contributed by atoms with Gasteiger partial charge < -0.3 is 10.2 Å². The first kappa shape index (κ1) is 13.8. The van der Waals surface area contributed by atoms with Gasteiger partial charge in [-0.15, -0.1) is 0 Å². The molecule has 0 amide bonds. The van der Waals surface area contributed by atoms with E-state index >= 15 is 0 Å². The fourth-order valence-corrected chi connectivity index (χ4v) is 1.92. The molecular weight excluding hydrogens is 265 g/mol. The molecule has 0 bridgehead atoms. The van der Waals surface area contributed by atoms with E-state index in [1.165, 1.54) is 12.1 Å². The normalized spacial score (nSPS) is 10.5. The molecule has 0 aliphatic rings. The SMILES string of the molecule is CNCc1nc(N(C)c2ccc(F)cc2)ccc1Cl. The lowest BCUT2D eigenvalue weighted by Gasteiger charge is -2.19. The second-order valence-electron chi connectivity index (χ2n) is 4.16. The van der Waals surface area contributed by atoms with Crippen LogP contribution in [0.3, 0.4) is 0 Å². The molecule has 0 spiro atoms. The van der Waals surface area contributed by atoms with Crippen molar-refractivity contribution in [3.8, 4) is 0 Å². The molecule has 2 rings (SSSR count). The van der Waals surface area contributed by atoms with E-state index < -0.39 is 0 Å². The lowest BCUT2D eigenvalue weighted by molar-refractivity contribution is 0.628. The van der Waals surface area contributed by atoms with Gasteiger partial charge in [0.25, 0.3) is 0 Å². The van der Waals surface area contributed by atoms with Crippen molar-refractivity contribution >= 4 is 23.1 Å². The maximum absolute atomic E-state index is 12.9. The van der Waals surface area contributed by atoms with E-state index in [4.69, 9.17) is 11.6 Å². The zero-order valence-electron chi connectivity index (χ0n) is 10.8. The molecular formula is C14H15ClFN3. The Morgan fingerprint density at radius 1 is 1.21 bits per heavy atom. The van der Waals surface area contributed by atoms with E-state index in [0.29, 0.717) is 11.6 Å². The van der Waals surface area contributed by atoms with Gasteiger partial charge in [0, 0.05) is 19.3 Å². The number of rotatable bonds is 4. The summed E-state index contributed by atoms with van der Waals surface area (Å²) >= 11 is 6.08. The number of benzene rings is 1. The van der Waals surface area contributed by atoms with Crippen molar-refractivity contribution in [2.45, 2.75) is 6.54 Å². The highest BCUT2D eigenvalue weighted by atomic mass is 35.5. The van der Waals surface area contributed by atoms with Crippen molar-refractivity contribution < 1.29 is 4.39 Å². The van der Waals surface area contributed by atoms with Crippen LogP contribution in [0.25, 0.3) is 0 Å². The molecule has 3 nitrogen and oxygen atoms in total. The molecule has 1 N–H and O–H groups in total. The molecule has 1 heterocycles. The molecule has 0 radical (unpaired) electrons. The van der Waals surface area contributed by atoms with Crippen molar-refractivity contribution in [2.75, 3.05) is 19.0 Å². The summed E-state index contributed by atoms with van der Waals surface area (Å²) in [5.41, 5.74) is 1.65. The second-order valence-corrected chi connectivity index (χ2v) is 4.57. The Labute approximate surface area is 117 Å². The minimum absolute atomic E-state index is 0.253. The van der Waals surface area contributed by atoms with Gasteiger partial charge in [-0.3, -0.25) is 0 Å². The summed E-state index contributed by atoms with van der Waals surface area (Å²) < 4.78 is 12.9. The number of hydrogen-bond acceptors (Lipinski definition) is 3. The van der Waals surface area contributed by atoms with Crippen LogP contribution in [0.1, 0.15) is 5.69 Å². The molecule has 0 aliphatic carbocycles. The lowest BCUT2D eigenvalue weighted by Crippen LogP contribution is -2.14. The summed E-state index contributed by atoms with van der Waals surface area (Å²) in [4.78, 5) is 6.38. The van der Waals surface area contributed by atoms with E-state index in [9.17, 15) is 4.39 Å². The molecule has 0 unspecified atom stereocenters. The van der Waals surface area contributed by atoms with E-state index in [1.807, 2.05) is 31.1 Å². The lowest BCUT2D eigenvalue weighted by atomic mass is 10.2. The predicted octanol–water partition coefficient (Wildman–Crippen LogP) is 3.36. The summed E-state index contributed by atoms with van der Waals surface area (Å²) in [6.45, 7) is 0.601. The maximum atomic E-state index is 12.9. The van der Waals surface area contributed by atoms with E-state index in [1.54, 1.807) is 12.1 Å². The molecule has 100 valence electrons. The molecule has 1 aromatic heterocycles.